The number of aliphatic hydroxyl groups is 1. The number of hydrogen-bond donors (Lipinski definition) is 2. The molecule has 1 atom stereocenters. The van der Waals surface area contributed by atoms with Crippen molar-refractivity contribution >= 4 is 22.9 Å². The van der Waals surface area contributed by atoms with Gasteiger partial charge in [-0.05, 0) is 18.8 Å². The maximum atomic E-state index is 9.01. The van der Waals surface area contributed by atoms with E-state index >= 15 is 0 Å². The minimum absolute atomic E-state index is 0.285. The standard InChI is InChI=1S/C8H16INO/c9-10-8(6-11)7-4-2-1-3-5-7/h7-8,10-11H,1-6H2/t8-/m0/s1. The monoisotopic (exact) mass is 269 g/mol. The Kier molecular flexibility index (Phi) is 4.71. The second-order valence-electron chi connectivity index (χ2n) is 3.30. The highest BCUT2D eigenvalue weighted by molar-refractivity contribution is 14.1. The second kappa shape index (κ2) is 5.32. The molecule has 0 unspecified atom stereocenters. The molecule has 0 aromatic carbocycles. The van der Waals surface area contributed by atoms with Gasteiger partial charge in [-0.25, -0.2) is 0 Å². The molecule has 0 heterocycles. The third-order valence-electron chi connectivity index (χ3n) is 2.56. The van der Waals surface area contributed by atoms with E-state index in [1.807, 2.05) is 0 Å². The molecule has 0 saturated heterocycles. The van der Waals surface area contributed by atoms with Crippen LogP contribution >= 0.6 is 22.9 Å². The van der Waals surface area contributed by atoms with Gasteiger partial charge in [-0.3, -0.25) is 3.53 Å². The summed E-state index contributed by atoms with van der Waals surface area (Å²) in [5, 5.41) is 9.01. The van der Waals surface area contributed by atoms with E-state index in [1.54, 1.807) is 0 Å². The number of aliphatic hydroxyl groups excluding tert-OH is 1. The molecule has 0 aromatic heterocycles. The third-order valence-corrected chi connectivity index (χ3v) is 3.36. The Morgan fingerprint density at radius 3 is 2.45 bits per heavy atom. The van der Waals surface area contributed by atoms with Gasteiger partial charge in [-0.15, -0.1) is 0 Å². The van der Waals surface area contributed by atoms with Crippen LogP contribution in [-0.2, 0) is 0 Å². The molecular formula is C8H16INO. The van der Waals surface area contributed by atoms with Crippen molar-refractivity contribution in [2.45, 2.75) is 38.1 Å². The van der Waals surface area contributed by atoms with Crippen molar-refractivity contribution in [2.24, 2.45) is 5.92 Å². The molecule has 1 aliphatic carbocycles. The van der Waals surface area contributed by atoms with Gasteiger partial charge in [-0.1, -0.05) is 19.3 Å². The van der Waals surface area contributed by atoms with E-state index in [2.05, 4.69) is 26.4 Å². The van der Waals surface area contributed by atoms with Crippen molar-refractivity contribution in [3.63, 3.8) is 0 Å². The molecule has 66 valence electrons. The zero-order chi connectivity index (χ0) is 8.10. The van der Waals surface area contributed by atoms with Crippen LogP contribution in [0.3, 0.4) is 0 Å². The predicted octanol–water partition coefficient (Wildman–Crippen LogP) is 1.87. The van der Waals surface area contributed by atoms with Crippen molar-refractivity contribution in [2.75, 3.05) is 6.61 Å². The summed E-state index contributed by atoms with van der Waals surface area (Å²) in [5.41, 5.74) is 0. The summed E-state index contributed by atoms with van der Waals surface area (Å²) in [6.07, 6.45) is 6.66. The minimum Gasteiger partial charge on any atom is -0.395 e. The number of halogens is 1. The quantitative estimate of drug-likeness (QED) is 0.605. The molecule has 1 saturated carbocycles. The van der Waals surface area contributed by atoms with Crippen LogP contribution in [0.5, 0.6) is 0 Å². The van der Waals surface area contributed by atoms with Crippen LogP contribution in [0.1, 0.15) is 32.1 Å². The first-order chi connectivity index (χ1) is 5.38. The lowest BCUT2D eigenvalue weighted by atomic mass is 9.84. The van der Waals surface area contributed by atoms with Gasteiger partial charge in [0.05, 0.1) is 6.61 Å². The van der Waals surface area contributed by atoms with Crippen molar-refractivity contribution in [3.05, 3.63) is 0 Å². The van der Waals surface area contributed by atoms with E-state index in [9.17, 15) is 0 Å². The maximum absolute atomic E-state index is 9.01. The average Bonchev–Trinajstić information content (AvgIpc) is 2.09. The van der Waals surface area contributed by atoms with Crippen LogP contribution in [0.15, 0.2) is 0 Å². The van der Waals surface area contributed by atoms with Gasteiger partial charge in [0.2, 0.25) is 0 Å². The largest absolute Gasteiger partial charge is 0.395 e. The molecule has 0 radical (unpaired) electrons. The lowest BCUT2D eigenvalue weighted by Gasteiger charge is -2.27. The Morgan fingerprint density at radius 2 is 2.00 bits per heavy atom. The molecule has 0 aliphatic heterocycles. The van der Waals surface area contributed by atoms with Crippen LogP contribution in [0.2, 0.25) is 0 Å². The molecule has 11 heavy (non-hydrogen) atoms. The molecule has 3 heteroatoms. The summed E-state index contributed by atoms with van der Waals surface area (Å²) < 4.78 is 3.14. The van der Waals surface area contributed by atoms with Gasteiger partial charge in [0.1, 0.15) is 0 Å². The number of rotatable bonds is 3. The summed E-state index contributed by atoms with van der Waals surface area (Å²) in [7, 11) is 0. The zero-order valence-corrected chi connectivity index (χ0v) is 8.88. The fraction of sp³-hybridized carbons (Fsp3) is 1.00. The van der Waals surface area contributed by atoms with Crippen LogP contribution < -0.4 is 3.53 Å². The maximum Gasteiger partial charge on any atom is 0.0595 e. The molecule has 1 aliphatic rings. The molecule has 1 fully saturated rings. The lowest BCUT2D eigenvalue weighted by Crippen LogP contribution is -2.34. The van der Waals surface area contributed by atoms with E-state index in [0.717, 1.165) is 0 Å². The second-order valence-corrected chi connectivity index (χ2v) is 3.92. The third kappa shape index (κ3) is 2.87. The van der Waals surface area contributed by atoms with E-state index < -0.39 is 0 Å². The fourth-order valence-electron chi connectivity index (χ4n) is 1.81. The SMILES string of the molecule is OC[C@H](NI)C1CCCCC1. The Hall–Kier alpha value is 0.650. The van der Waals surface area contributed by atoms with Crippen LogP contribution in [-0.4, -0.2) is 17.8 Å². The Labute approximate surface area is 82.3 Å². The summed E-state index contributed by atoms with van der Waals surface area (Å²) in [6.45, 7) is 0.285. The molecule has 0 aromatic rings. The highest BCUT2D eigenvalue weighted by Gasteiger charge is 2.21. The summed E-state index contributed by atoms with van der Waals surface area (Å²) in [4.78, 5) is 0. The molecule has 2 nitrogen and oxygen atoms in total. The van der Waals surface area contributed by atoms with E-state index in [4.69, 9.17) is 5.11 Å². The van der Waals surface area contributed by atoms with Crippen molar-refractivity contribution < 1.29 is 5.11 Å². The van der Waals surface area contributed by atoms with E-state index in [0.29, 0.717) is 12.0 Å². The Bertz CT molecular complexity index is 100. The predicted molar refractivity (Wildman–Crippen MR) is 54.6 cm³/mol. The number of hydrogen-bond acceptors (Lipinski definition) is 2. The topological polar surface area (TPSA) is 32.3 Å². The summed E-state index contributed by atoms with van der Waals surface area (Å²) >= 11 is 2.14. The van der Waals surface area contributed by atoms with Crippen molar-refractivity contribution in [3.8, 4) is 0 Å². The smallest absolute Gasteiger partial charge is 0.0595 e. The van der Waals surface area contributed by atoms with Crippen LogP contribution in [0.4, 0.5) is 0 Å². The van der Waals surface area contributed by atoms with E-state index in [1.165, 1.54) is 32.1 Å². The summed E-state index contributed by atoms with van der Waals surface area (Å²) in [6, 6.07) is 0.330. The molecule has 1 rings (SSSR count). The van der Waals surface area contributed by atoms with Crippen molar-refractivity contribution in [1.29, 1.82) is 0 Å². The van der Waals surface area contributed by atoms with Gasteiger partial charge in [0, 0.05) is 28.9 Å². The zero-order valence-electron chi connectivity index (χ0n) is 6.72. The first-order valence-corrected chi connectivity index (χ1v) is 5.43. The summed E-state index contributed by atoms with van der Waals surface area (Å²) in [5.74, 6) is 0.714. The van der Waals surface area contributed by atoms with Crippen LogP contribution in [0, 0.1) is 5.92 Å². The first kappa shape index (κ1) is 9.74. The van der Waals surface area contributed by atoms with Crippen LogP contribution in [0.25, 0.3) is 0 Å². The minimum atomic E-state index is 0.285. The molecule has 0 amide bonds. The molecular weight excluding hydrogens is 253 g/mol. The molecule has 2 N–H and O–H groups in total. The van der Waals surface area contributed by atoms with Gasteiger partial charge in [-0.2, -0.15) is 0 Å². The fourth-order valence-corrected chi connectivity index (χ4v) is 2.51. The van der Waals surface area contributed by atoms with Gasteiger partial charge in [0.15, 0.2) is 0 Å². The lowest BCUT2D eigenvalue weighted by molar-refractivity contribution is 0.193. The highest BCUT2D eigenvalue weighted by Crippen LogP contribution is 2.26. The molecule has 0 bridgehead atoms. The highest BCUT2D eigenvalue weighted by atomic mass is 127. The molecule has 0 spiro atoms. The normalized spacial score (nSPS) is 23.5. The number of nitrogens with one attached hydrogen (secondary N) is 1. The Morgan fingerprint density at radius 1 is 1.36 bits per heavy atom. The van der Waals surface area contributed by atoms with Gasteiger partial charge in [0.25, 0.3) is 0 Å². The average molecular weight is 269 g/mol. The van der Waals surface area contributed by atoms with E-state index in [-0.39, 0.29) is 6.61 Å². The van der Waals surface area contributed by atoms with Gasteiger partial charge >= 0.3 is 0 Å². The van der Waals surface area contributed by atoms with Crippen molar-refractivity contribution in [1.82, 2.24) is 3.53 Å². The first-order valence-electron chi connectivity index (χ1n) is 4.35. The van der Waals surface area contributed by atoms with Gasteiger partial charge < -0.3 is 5.11 Å². The Balaban J connectivity index is 2.30.